The minimum Gasteiger partial charge on any atom is -0.507 e. The summed E-state index contributed by atoms with van der Waals surface area (Å²) < 4.78 is 27.9. The summed E-state index contributed by atoms with van der Waals surface area (Å²) in [7, 11) is -4.42. The van der Waals surface area contributed by atoms with E-state index >= 15 is 0 Å². The number of unbranched alkanes of at least 4 members (excludes halogenated alkanes) is 2. The number of carbonyl (C=O) groups excluding carboxylic acids is 1. The van der Waals surface area contributed by atoms with E-state index in [1.54, 1.807) is 19.1 Å². The maximum absolute atomic E-state index is 13.0. The van der Waals surface area contributed by atoms with Gasteiger partial charge in [-0.2, -0.15) is 0 Å². The van der Waals surface area contributed by atoms with Crippen molar-refractivity contribution in [3.8, 4) is 22.6 Å². The first-order valence-electron chi connectivity index (χ1n) is 10.1. The molecular weight excluding hydrogens is 416 g/mol. The molecule has 31 heavy (non-hydrogen) atoms. The molecular formula is C23H30N2O5S. The van der Waals surface area contributed by atoms with Gasteiger partial charge in [0.25, 0.3) is 10.0 Å². The monoisotopic (exact) mass is 446 g/mol. The van der Waals surface area contributed by atoms with Crippen molar-refractivity contribution in [2.24, 2.45) is 5.73 Å². The zero-order valence-corrected chi connectivity index (χ0v) is 19.0. The second kappa shape index (κ2) is 9.98. The Morgan fingerprint density at radius 1 is 1.19 bits per heavy atom. The molecule has 0 fully saturated rings. The van der Waals surface area contributed by atoms with E-state index in [0.717, 1.165) is 18.4 Å². The fourth-order valence-corrected chi connectivity index (χ4v) is 4.83. The summed E-state index contributed by atoms with van der Waals surface area (Å²) >= 11 is 0. The van der Waals surface area contributed by atoms with Gasteiger partial charge in [0.05, 0.1) is 12.1 Å². The molecule has 0 spiro atoms. The molecule has 0 saturated heterocycles. The van der Waals surface area contributed by atoms with Gasteiger partial charge in [-0.25, -0.2) is 13.1 Å². The lowest BCUT2D eigenvalue weighted by atomic mass is 9.91. The van der Waals surface area contributed by atoms with E-state index in [4.69, 9.17) is 5.73 Å². The molecule has 0 unspecified atom stereocenters. The molecule has 0 saturated carbocycles. The van der Waals surface area contributed by atoms with Gasteiger partial charge in [0.2, 0.25) is 5.91 Å². The van der Waals surface area contributed by atoms with Gasteiger partial charge >= 0.3 is 0 Å². The van der Waals surface area contributed by atoms with Crippen molar-refractivity contribution >= 4 is 21.5 Å². The molecule has 0 aromatic heterocycles. The average molecular weight is 447 g/mol. The van der Waals surface area contributed by atoms with Crippen molar-refractivity contribution in [2.45, 2.75) is 51.3 Å². The van der Waals surface area contributed by atoms with Crippen LogP contribution in [0.15, 0.2) is 35.7 Å². The van der Waals surface area contributed by atoms with E-state index in [1.807, 2.05) is 24.6 Å². The van der Waals surface area contributed by atoms with E-state index in [9.17, 15) is 23.4 Å². The van der Waals surface area contributed by atoms with Crippen molar-refractivity contribution in [1.29, 1.82) is 0 Å². The van der Waals surface area contributed by atoms with Crippen LogP contribution in [0.25, 0.3) is 16.7 Å². The van der Waals surface area contributed by atoms with Crippen LogP contribution in [-0.2, 0) is 21.2 Å². The van der Waals surface area contributed by atoms with Crippen LogP contribution < -0.4 is 10.5 Å². The molecule has 8 heteroatoms. The third-order valence-electron chi connectivity index (χ3n) is 4.97. The zero-order valence-electron chi connectivity index (χ0n) is 18.2. The summed E-state index contributed by atoms with van der Waals surface area (Å²) in [6.45, 7) is 9.05. The average Bonchev–Trinajstić information content (AvgIpc) is 2.67. The number of phenols is 2. The third kappa shape index (κ3) is 5.45. The first-order valence-corrected chi connectivity index (χ1v) is 11.6. The number of nitrogens with two attached hydrogens (primary N) is 1. The van der Waals surface area contributed by atoms with Crippen LogP contribution in [-0.4, -0.2) is 31.1 Å². The van der Waals surface area contributed by atoms with Crippen LogP contribution in [0.5, 0.6) is 11.5 Å². The first-order chi connectivity index (χ1) is 14.5. The second-order valence-electron chi connectivity index (χ2n) is 7.63. The van der Waals surface area contributed by atoms with E-state index in [2.05, 4.69) is 6.58 Å². The number of allylic oxidation sites excluding steroid dienone is 1. The largest absolute Gasteiger partial charge is 0.507 e. The Kier molecular flexibility index (Phi) is 7.86. The van der Waals surface area contributed by atoms with Gasteiger partial charge in [0.1, 0.15) is 16.4 Å². The molecule has 0 atom stereocenters. The number of hydrogen-bond acceptors (Lipinski definition) is 6. The fraction of sp³-hybridized carbons (Fsp3) is 0.348. The van der Waals surface area contributed by atoms with Crippen molar-refractivity contribution in [2.75, 3.05) is 6.54 Å². The first kappa shape index (κ1) is 24.4. The standard InChI is InChI=1S/C23H30N2O5S/c1-5-6-7-8-16-12-19(26)21(18-11-15(4)9-10-17(18)14(2)3)22(28)23(16)31(29,30)25-20(27)13-24/h9-12,26,28H,2,5-8,13,24H2,1,3-4H3,(H,25,27). The predicted molar refractivity (Wildman–Crippen MR) is 122 cm³/mol. The number of aryl methyl sites for hydroxylation is 2. The van der Waals surface area contributed by atoms with Crippen molar-refractivity contribution in [1.82, 2.24) is 4.72 Å². The Morgan fingerprint density at radius 2 is 1.87 bits per heavy atom. The number of sulfonamides is 1. The van der Waals surface area contributed by atoms with Crippen LogP contribution in [0.3, 0.4) is 0 Å². The van der Waals surface area contributed by atoms with Gasteiger partial charge in [-0.3, -0.25) is 4.79 Å². The molecule has 1 amide bonds. The van der Waals surface area contributed by atoms with Crippen molar-refractivity contribution in [3.05, 3.63) is 47.5 Å². The highest BCUT2D eigenvalue weighted by Crippen LogP contribution is 2.46. The van der Waals surface area contributed by atoms with Crippen LogP contribution in [0, 0.1) is 6.92 Å². The second-order valence-corrected chi connectivity index (χ2v) is 9.25. The summed E-state index contributed by atoms with van der Waals surface area (Å²) in [5, 5.41) is 21.9. The smallest absolute Gasteiger partial charge is 0.268 e. The number of aromatic hydroxyl groups is 2. The van der Waals surface area contributed by atoms with Crippen LogP contribution >= 0.6 is 0 Å². The van der Waals surface area contributed by atoms with Gasteiger partial charge < -0.3 is 15.9 Å². The normalized spacial score (nSPS) is 11.4. The molecule has 0 aliphatic rings. The fourth-order valence-electron chi connectivity index (χ4n) is 3.49. The lowest BCUT2D eigenvalue weighted by Crippen LogP contribution is -2.35. The highest BCUT2D eigenvalue weighted by atomic mass is 32.2. The van der Waals surface area contributed by atoms with Crippen LogP contribution in [0.4, 0.5) is 0 Å². The van der Waals surface area contributed by atoms with Crippen LogP contribution in [0.2, 0.25) is 0 Å². The van der Waals surface area contributed by atoms with Crippen molar-refractivity contribution in [3.63, 3.8) is 0 Å². The Morgan fingerprint density at radius 3 is 2.45 bits per heavy atom. The minimum atomic E-state index is -4.42. The number of benzene rings is 2. The highest BCUT2D eigenvalue weighted by Gasteiger charge is 2.30. The number of amides is 1. The number of carbonyl (C=O) groups is 1. The summed E-state index contributed by atoms with van der Waals surface area (Å²) in [5.41, 5.74) is 8.10. The number of phenolic OH excluding ortho intramolecular Hbond substituents is 2. The van der Waals surface area contributed by atoms with Crippen LogP contribution in [0.1, 0.15) is 49.8 Å². The summed E-state index contributed by atoms with van der Waals surface area (Å²) in [6.07, 6.45) is 2.72. The van der Waals surface area contributed by atoms with E-state index in [-0.39, 0.29) is 16.9 Å². The van der Waals surface area contributed by atoms with E-state index < -0.39 is 33.1 Å². The molecule has 2 aromatic carbocycles. The SMILES string of the molecule is C=C(C)c1ccc(C)cc1-c1c(O)cc(CCCCC)c(S(=O)(=O)NC(=O)CN)c1O. The molecule has 0 bridgehead atoms. The highest BCUT2D eigenvalue weighted by molar-refractivity contribution is 7.90. The lowest BCUT2D eigenvalue weighted by molar-refractivity contribution is -0.118. The molecule has 0 aliphatic heterocycles. The topological polar surface area (TPSA) is 130 Å². The quantitative estimate of drug-likeness (QED) is 0.436. The molecule has 7 nitrogen and oxygen atoms in total. The molecule has 5 N–H and O–H groups in total. The van der Waals surface area contributed by atoms with Gasteiger partial charge in [0.15, 0.2) is 0 Å². The summed E-state index contributed by atoms with van der Waals surface area (Å²) in [6, 6.07) is 6.74. The Bertz CT molecular complexity index is 1110. The predicted octanol–water partition coefficient (Wildman–Crippen LogP) is 3.60. The minimum absolute atomic E-state index is 0.0264. The Hall–Kier alpha value is -2.84. The van der Waals surface area contributed by atoms with Gasteiger partial charge in [-0.05, 0) is 49.4 Å². The molecule has 0 heterocycles. The molecule has 168 valence electrons. The Balaban J connectivity index is 2.84. The number of hydrogen-bond donors (Lipinski definition) is 4. The van der Waals surface area contributed by atoms with Gasteiger partial charge in [-0.1, -0.05) is 55.7 Å². The lowest BCUT2D eigenvalue weighted by Gasteiger charge is -2.19. The summed E-state index contributed by atoms with van der Waals surface area (Å²) in [4.78, 5) is 11.3. The van der Waals surface area contributed by atoms with E-state index in [0.29, 0.717) is 29.5 Å². The molecule has 0 radical (unpaired) electrons. The maximum atomic E-state index is 13.0. The maximum Gasteiger partial charge on any atom is 0.268 e. The molecule has 0 aliphatic carbocycles. The molecule has 2 aromatic rings. The summed E-state index contributed by atoms with van der Waals surface area (Å²) in [5.74, 6) is -1.76. The number of rotatable bonds is 9. The van der Waals surface area contributed by atoms with E-state index in [1.165, 1.54) is 6.07 Å². The zero-order chi connectivity index (χ0) is 23.3. The molecule has 2 rings (SSSR count). The van der Waals surface area contributed by atoms with Crippen molar-refractivity contribution < 1.29 is 23.4 Å². The van der Waals surface area contributed by atoms with Gasteiger partial charge in [-0.15, -0.1) is 0 Å². The van der Waals surface area contributed by atoms with Gasteiger partial charge in [0, 0.05) is 0 Å². The Labute approximate surface area is 183 Å². The third-order valence-corrected chi connectivity index (χ3v) is 6.46. The number of nitrogens with one attached hydrogen (secondary N) is 1.